The summed E-state index contributed by atoms with van der Waals surface area (Å²) in [5, 5.41) is 8.91. The average molecular weight is 421 g/mol. The fourth-order valence-electron chi connectivity index (χ4n) is 3.18. The third kappa shape index (κ3) is 6.78. The van der Waals surface area contributed by atoms with Gasteiger partial charge >= 0.3 is 5.97 Å². The lowest BCUT2D eigenvalue weighted by Crippen LogP contribution is -2.16. The molecule has 3 rings (SSSR count). The molecule has 162 valence electrons. The van der Waals surface area contributed by atoms with E-state index in [2.05, 4.69) is 0 Å². The Balaban J connectivity index is 1.56. The Morgan fingerprint density at radius 3 is 2.39 bits per heavy atom. The summed E-state index contributed by atoms with van der Waals surface area (Å²) in [6.45, 7) is 6.42. The standard InChI is InChI=1S/C26H28O5/c1-18-9-11-24(25(15-18)31-22-7-5-4-6-8-22)30-20(3)13-14-29-23-12-10-21(16-19(23)2)17-26(27)28/h4-12,15-16,20H,13-14,17H2,1-3H3,(H,27,28)/t20-/m1/s1. The van der Waals surface area contributed by atoms with Gasteiger partial charge in [0.1, 0.15) is 11.5 Å². The lowest BCUT2D eigenvalue weighted by atomic mass is 10.1. The second-order valence-corrected chi connectivity index (χ2v) is 7.60. The van der Waals surface area contributed by atoms with Crippen molar-refractivity contribution >= 4 is 5.97 Å². The van der Waals surface area contributed by atoms with Gasteiger partial charge in [0.2, 0.25) is 0 Å². The zero-order valence-corrected chi connectivity index (χ0v) is 18.1. The van der Waals surface area contributed by atoms with E-state index in [9.17, 15) is 4.79 Å². The molecule has 0 fully saturated rings. The summed E-state index contributed by atoms with van der Waals surface area (Å²) >= 11 is 0. The highest BCUT2D eigenvalue weighted by Crippen LogP contribution is 2.33. The van der Waals surface area contributed by atoms with Gasteiger partial charge in [0.25, 0.3) is 0 Å². The van der Waals surface area contributed by atoms with Crippen LogP contribution in [-0.2, 0) is 11.2 Å². The van der Waals surface area contributed by atoms with Gasteiger partial charge in [-0.3, -0.25) is 4.79 Å². The van der Waals surface area contributed by atoms with Crippen LogP contribution in [0.25, 0.3) is 0 Å². The van der Waals surface area contributed by atoms with Crippen LogP contribution in [0.15, 0.2) is 66.7 Å². The van der Waals surface area contributed by atoms with Crippen molar-refractivity contribution in [3.63, 3.8) is 0 Å². The lowest BCUT2D eigenvalue weighted by Gasteiger charge is -2.19. The average Bonchev–Trinajstić information content (AvgIpc) is 2.72. The number of carbonyl (C=O) groups is 1. The lowest BCUT2D eigenvalue weighted by molar-refractivity contribution is -0.136. The Morgan fingerprint density at radius 2 is 1.68 bits per heavy atom. The highest BCUT2D eigenvalue weighted by atomic mass is 16.5. The van der Waals surface area contributed by atoms with Crippen molar-refractivity contribution in [3.05, 3.63) is 83.4 Å². The van der Waals surface area contributed by atoms with Gasteiger partial charge in [0.15, 0.2) is 11.5 Å². The summed E-state index contributed by atoms with van der Waals surface area (Å²) in [5.74, 6) is 2.05. The number of ether oxygens (including phenoxy) is 3. The SMILES string of the molecule is Cc1ccc(O[C@H](C)CCOc2ccc(CC(=O)O)cc2C)c(Oc2ccccc2)c1. The molecular formula is C26H28O5. The summed E-state index contributed by atoms with van der Waals surface area (Å²) in [5.41, 5.74) is 2.78. The van der Waals surface area contributed by atoms with Crippen molar-refractivity contribution in [1.29, 1.82) is 0 Å². The van der Waals surface area contributed by atoms with Crippen molar-refractivity contribution < 1.29 is 24.1 Å². The van der Waals surface area contributed by atoms with Crippen LogP contribution in [0.4, 0.5) is 0 Å². The molecule has 0 aliphatic rings. The molecule has 0 heterocycles. The van der Waals surface area contributed by atoms with Crippen LogP contribution < -0.4 is 14.2 Å². The molecule has 1 N–H and O–H groups in total. The number of carboxylic acids is 1. The molecule has 0 aromatic heterocycles. The van der Waals surface area contributed by atoms with Crippen molar-refractivity contribution in [2.24, 2.45) is 0 Å². The zero-order chi connectivity index (χ0) is 22.2. The molecular weight excluding hydrogens is 392 g/mol. The zero-order valence-electron chi connectivity index (χ0n) is 18.1. The molecule has 31 heavy (non-hydrogen) atoms. The maximum atomic E-state index is 10.9. The second-order valence-electron chi connectivity index (χ2n) is 7.60. The highest BCUT2D eigenvalue weighted by molar-refractivity contribution is 5.70. The fourth-order valence-corrected chi connectivity index (χ4v) is 3.18. The monoisotopic (exact) mass is 420 g/mol. The van der Waals surface area contributed by atoms with Crippen LogP contribution in [0.5, 0.6) is 23.0 Å². The molecule has 0 spiro atoms. The third-order valence-corrected chi connectivity index (χ3v) is 4.78. The minimum atomic E-state index is -0.842. The number of benzene rings is 3. The topological polar surface area (TPSA) is 65.0 Å². The van der Waals surface area contributed by atoms with Gasteiger partial charge in [-0.25, -0.2) is 0 Å². The second kappa shape index (κ2) is 10.5. The van der Waals surface area contributed by atoms with Gasteiger partial charge in [0, 0.05) is 6.42 Å². The summed E-state index contributed by atoms with van der Waals surface area (Å²) in [6, 6.07) is 21.0. The quantitative estimate of drug-likeness (QED) is 0.438. The molecule has 0 amide bonds. The molecule has 3 aromatic carbocycles. The van der Waals surface area contributed by atoms with Crippen LogP contribution in [0, 0.1) is 13.8 Å². The molecule has 0 saturated heterocycles. The van der Waals surface area contributed by atoms with Gasteiger partial charge in [0.05, 0.1) is 19.1 Å². The normalized spacial score (nSPS) is 11.6. The number of aliphatic carboxylic acids is 1. The number of hydrogen-bond donors (Lipinski definition) is 1. The van der Waals surface area contributed by atoms with Crippen LogP contribution in [0.3, 0.4) is 0 Å². The van der Waals surface area contributed by atoms with E-state index in [1.807, 2.05) is 81.4 Å². The molecule has 0 radical (unpaired) electrons. The molecule has 3 aromatic rings. The molecule has 0 bridgehead atoms. The van der Waals surface area contributed by atoms with Gasteiger partial charge in [-0.05, 0) is 67.8 Å². The molecule has 0 saturated carbocycles. The number of para-hydroxylation sites is 1. The van der Waals surface area contributed by atoms with Crippen molar-refractivity contribution in [1.82, 2.24) is 0 Å². The molecule has 0 aliphatic heterocycles. The maximum Gasteiger partial charge on any atom is 0.307 e. The number of rotatable bonds is 10. The van der Waals surface area contributed by atoms with Gasteiger partial charge in [-0.2, -0.15) is 0 Å². The highest BCUT2D eigenvalue weighted by Gasteiger charge is 2.12. The summed E-state index contributed by atoms with van der Waals surface area (Å²) in [4.78, 5) is 10.9. The van der Waals surface area contributed by atoms with Crippen LogP contribution in [-0.4, -0.2) is 23.8 Å². The van der Waals surface area contributed by atoms with E-state index in [0.717, 1.165) is 28.2 Å². The van der Waals surface area contributed by atoms with Crippen LogP contribution >= 0.6 is 0 Å². The minimum absolute atomic E-state index is 0.00985. The molecule has 5 heteroatoms. The molecule has 0 unspecified atom stereocenters. The van der Waals surface area contributed by atoms with Crippen molar-refractivity contribution in [3.8, 4) is 23.0 Å². The first-order chi connectivity index (χ1) is 14.9. The number of carboxylic acid groups (broad SMARTS) is 1. The smallest absolute Gasteiger partial charge is 0.307 e. The minimum Gasteiger partial charge on any atom is -0.493 e. The van der Waals surface area contributed by atoms with E-state index in [1.54, 1.807) is 6.07 Å². The first-order valence-electron chi connectivity index (χ1n) is 10.3. The summed E-state index contributed by atoms with van der Waals surface area (Å²) < 4.78 is 18.0. The number of aryl methyl sites for hydroxylation is 2. The summed E-state index contributed by atoms with van der Waals surface area (Å²) in [6.07, 6.45) is 0.623. The first-order valence-corrected chi connectivity index (χ1v) is 10.3. The van der Waals surface area contributed by atoms with E-state index < -0.39 is 5.97 Å². The van der Waals surface area contributed by atoms with E-state index in [4.69, 9.17) is 19.3 Å². The molecule has 0 aliphatic carbocycles. The predicted octanol–water partition coefficient (Wildman–Crippen LogP) is 5.96. The Morgan fingerprint density at radius 1 is 0.935 bits per heavy atom. The fraction of sp³-hybridized carbons (Fsp3) is 0.269. The van der Waals surface area contributed by atoms with E-state index in [0.29, 0.717) is 24.5 Å². The van der Waals surface area contributed by atoms with E-state index in [1.165, 1.54) is 0 Å². The molecule has 5 nitrogen and oxygen atoms in total. The Kier molecular flexibility index (Phi) is 7.55. The van der Waals surface area contributed by atoms with Gasteiger partial charge in [-0.15, -0.1) is 0 Å². The number of hydrogen-bond acceptors (Lipinski definition) is 4. The maximum absolute atomic E-state index is 10.9. The van der Waals surface area contributed by atoms with Gasteiger partial charge in [-0.1, -0.05) is 36.4 Å². The van der Waals surface area contributed by atoms with Crippen LogP contribution in [0.1, 0.15) is 30.0 Å². The van der Waals surface area contributed by atoms with Crippen molar-refractivity contribution in [2.75, 3.05) is 6.61 Å². The van der Waals surface area contributed by atoms with Crippen LogP contribution in [0.2, 0.25) is 0 Å². The van der Waals surface area contributed by atoms with E-state index in [-0.39, 0.29) is 12.5 Å². The summed E-state index contributed by atoms with van der Waals surface area (Å²) in [7, 11) is 0. The Hall–Kier alpha value is -3.47. The first kappa shape index (κ1) is 22.2. The molecule has 1 atom stereocenters. The largest absolute Gasteiger partial charge is 0.493 e. The predicted molar refractivity (Wildman–Crippen MR) is 120 cm³/mol. The van der Waals surface area contributed by atoms with E-state index >= 15 is 0 Å². The van der Waals surface area contributed by atoms with Crippen molar-refractivity contribution in [2.45, 2.75) is 39.7 Å². The Bertz CT molecular complexity index is 1010. The third-order valence-electron chi connectivity index (χ3n) is 4.78. The Labute approximate surface area is 183 Å². The van der Waals surface area contributed by atoms with Gasteiger partial charge < -0.3 is 19.3 Å².